The van der Waals surface area contributed by atoms with E-state index >= 15 is 0 Å². The van der Waals surface area contributed by atoms with Crippen LogP contribution in [0.3, 0.4) is 0 Å². The van der Waals surface area contributed by atoms with Gasteiger partial charge < -0.3 is 9.52 Å². The molecule has 2 aromatic rings. The Balaban J connectivity index is 2.44. The van der Waals surface area contributed by atoms with E-state index in [4.69, 9.17) is 9.52 Å². The van der Waals surface area contributed by atoms with Crippen LogP contribution in [0.4, 0.5) is 0 Å². The molecule has 2 rings (SSSR count). The van der Waals surface area contributed by atoms with Crippen LogP contribution in [0.25, 0.3) is 11.0 Å². The van der Waals surface area contributed by atoms with Gasteiger partial charge in [-0.2, -0.15) is 0 Å². The highest BCUT2D eigenvalue weighted by Gasteiger charge is 2.01. The minimum absolute atomic E-state index is 0.131. The Morgan fingerprint density at radius 2 is 2.12 bits per heavy atom. The number of hydrogen-bond acceptors (Lipinski definition) is 3. The Kier molecular flexibility index (Phi) is 3.59. The molecule has 1 aromatic carbocycles. The van der Waals surface area contributed by atoms with Crippen LogP contribution in [0.1, 0.15) is 18.4 Å². The number of aliphatic hydroxyl groups is 1. The van der Waals surface area contributed by atoms with Crippen molar-refractivity contribution in [1.82, 2.24) is 0 Å². The lowest BCUT2D eigenvalue weighted by Gasteiger charge is -1.97. The molecule has 0 amide bonds. The highest BCUT2D eigenvalue weighted by Crippen LogP contribution is 2.15. The van der Waals surface area contributed by atoms with Crippen LogP contribution in [-0.2, 0) is 0 Å². The van der Waals surface area contributed by atoms with Crippen LogP contribution in [0.5, 0.6) is 0 Å². The summed E-state index contributed by atoms with van der Waals surface area (Å²) in [6, 6.07) is 8.70. The number of fused-ring (bicyclic) bond motifs is 1. The summed E-state index contributed by atoms with van der Waals surface area (Å²) in [5, 5.41) is 9.48. The molecule has 3 nitrogen and oxygen atoms in total. The molecule has 0 atom stereocenters. The Bertz CT molecular complexity index is 629. The van der Waals surface area contributed by atoms with E-state index in [-0.39, 0.29) is 6.61 Å². The highest BCUT2D eigenvalue weighted by atomic mass is 16.4. The van der Waals surface area contributed by atoms with Crippen LogP contribution in [0, 0.1) is 11.8 Å². The quantitative estimate of drug-likeness (QED) is 0.485. The third-order valence-electron chi connectivity index (χ3n) is 2.33. The third kappa shape index (κ3) is 2.74. The van der Waals surface area contributed by atoms with Crippen LogP contribution < -0.4 is 5.63 Å². The van der Waals surface area contributed by atoms with Gasteiger partial charge in [0.1, 0.15) is 5.58 Å². The Morgan fingerprint density at radius 1 is 1.29 bits per heavy atom. The van der Waals surface area contributed by atoms with E-state index in [0.29, 0.717) is 24.0 Å². The largest absolute Gasteiger partial charge is 0.423 e. The van der Waals surface area contributed by atoms with Gasteiger partial charge in [0, 0.05) is 30.0 Å². The van der Waals surface area contributed by atoms with Gasteiger partial charge in [-0.15, -0.1) is 0 Å². The summed E-state index contributed by atoms with van der Waals surface area (Å²) in [7, 11) is 0. The molecular weight excluding hydrogens is 216 g/mol. The van der Waals surface area contributed by atoms with Crippen molar-refractivity contribution in [3.63, 3.8) is 0 Å². The molecule has 0 unspecified atom stereocenters. The predicted octanol–water partition coefficient (Wildman–Crippen LogP) is 1.92. The smallest absolute Gasteiger partial charge is 0.337 e. The number of rotatable bonds is 2. The first-order chi connectivity index (χ1) is 8.31. The average Bonchev–Trinajstić information content (AvgIpc) is 2.34. The van der Waals surface area contributed by atoms with Gasteiger partial charge in [-0.3, -0.25) is 0 Å². The van der Waals surface area contributed by atoms with E-state index in [0.717, 1.165) is 5.39 Å². The molecule has 0 bridgehead atoms. The lowest BCUT2D eigenvalue weighted by molar-refractivity contribution is 0.290. The van der Waals surface area contributed by atoms with Gasteiger partial charge in [0.15, 0.2) is 0 Å². The normalized spacial score (nSPS) is 9.94. The van der Waals surface area contributed by atoms with Crippen LogP contribution in [-0.4, -0.2) is 11.7 Å². The van der Waals surface area contributed by atoms with Crippen LogP contribution in [0.2, 0.25) is 0 Å². The summed E-state index contributed by atoms with van der Waals surface area (Å²) in [4.78, 5) is 11.3. The first-order valence-electron chi connectivity index (χ1n) is 5.44. The first-order valence-corrected chi connectivity index (χ1v) is 5.44. The lowest BCUT2D eigenvalue weighted by atomic mass is 10.1. The molecule has 0 aliphatic rings. The van der Waals surface area contributed by atoms with Crippen molar-refractivity contribution in [2.45, 2.75) is 12.8 Å². The summed E-state index contributed by atoms with van der Waals surface area (Å²) in [5.41, 5.74) is 0.830. The van der Waals surface area contributed by atoms with Crippen LogP contribution in [0.15, 0.2) is 39.5 Å². The number of aliphatic hydroxyl groups excluding tert-OH is 1. The standard InChI is InChI=1S/C14H12O3/c15-9-5-1-2-6-11-10-14(16)17-13-8-4-3-7-12(11)13/h3-4,7-8,10,15H,1,5,9H2. The minimum Gasteiger partial charge on any atom is -0.423 e. The van der Waals surface area contributed by atoms with Crippen molar-refractivity contribution in [1.29, 1.82) is 0 Å². The monoisotopic (exact) mass is 228 g/mol. The van der Waals surface area contributed by atoms with E-state index in [1.807, 2.05) is 18.2 Å². The molecule has 0 saturated carbocycles. The molecule has 3 heteroatoms. The fourth-order valence-corrected chi connectivity index (χ4v) is 1.54. The molecule has 17 heavy (non-hydrogen) atoms. The zero-order valence-corrected chi connectivity index (χ0v) is 9.27. The summed E-state index contributed by atoms with van der Waals surface area (Å²) >= 11 is 0. The number of para-hydroxylation sites is 1. The van der Waals surface area contributed by atoms with Gasteiger partial charge in [0.2, 0.25) is 0 Å². The van der Waals surface area contributed by atoms with Crippen molar-refractivity contribution in [3.05, 3.63) is 46.3 Å². The summed E-state index contributed by atoms with van der Waals surface area (Å²) in [6.07, 6.45) is 1.26. The number of hydrogen-bond donors (Lipinski definition) is 1. The van der Waals surface area contributed by atoms with E-state index in [2.05, 4.69) is 11.8 Å². The maximum Gasteiger partial charge on any atom is 0.337 e. The van der Waals surface area contributed by atoms with Gasteiger partial charge in [-0.05, 0) is 18.6 Å². The van der Waals surface area contributed by atoms with Gasteiger partial charge in [0.25, 0.3) is 0 Å². The van der Waals surface area contributed by atoms with E-state index in [1.54, 1.807) is 6.07 Å². The second kappa shape index (κ2) is 5.33. The molecule has 0 aliphatic carbocycles. The van der Waals surface area contributed by atoms with E-state index < -0.39 is 5.63 Å². The summed E-state index contributed by atoms with van der Waals surface area (Å²) in [5.74, 6) is 5.87. The second-order valence-corrected chi connectivity index (χ2v) is 3.60. The Morgan fingerprint density at radius 3 is 2.94 bits per heavy atom. The lowest BCUT2D eigenvalue weighted by Crippen LogP contribution is -1.98. The van der Waals surface area contributed by atoms with E-state index in [1.165, 1.54) is 6.07 Å². The molecule has 1 N–H and O–H groups in total. The second-order valence-electron chi connectivity index (χ2n) is 3.60. The summed E-state index contributed by atoms with van der Waals surface area (Å²) in [6.45, 7) is 0.131. The maximum atomic E-state index is 11.3. The van der Waals surface area contributed by atoms with Gasteiger partial charge in [0.05, 0.1) is 0 Å². The number of unbranched alkanes of at least 4 members (excludes halogenated alkanes) is 1. The molecule has 0 radical (unpaired) electrons. The highest BCUT2D eigenvalue weighted by molar-refractivity contribution is 5.82. The zero-order valence-electron chi connectivity index (χ0n) is 9.27. The molecule has 86 valence electrons. The predicted molar refractivity (Wildman–Crippen MR) is 65.7 cm³/mol. The first kappa shape index (κ1) is 11.4. The van der Waals surface area contributed by atoms with Crippen molar-refractivity contribution in [3.8, 4) is 11.8 Å². The minimum atomic E-state index is -0.393. The molecular formula is C14H12O3. The maximum absolute atomic E-state index is 11.3. The topological polar surface area (TPSA) is 50.4 Å². The molecule has 0 saturated heterocycles. The fourth-order valence-electron chi connectivity index (χ4n) is 1.54. The van der Waals surface area contributed by atoms with Crippen molar-refractivity contribution < 1.29 is 9.52 Å². The summed E-state index contributed by atoms with van der Waals surface area (Å²) < 4.78 is 5.07. The molecule has 1 aromatic heterocycles. The SMILES string of the molecule is O=c1cc(C#CCCCO)c2ccccc2o1. The molecule has 0 fully saturated rings. The van der Waals surface area contributed by atoms with Gasteiger partial charge >= 0.3 is 5.63 Å². The molecule has 0 aliphatic heterocycles. The van der Waals surface area contributed by atoms with Crippen molar-refractivity contribution in [2.24, 2.45) is 0 Å². The van der Waals surface area contributed by atoms with E-state index in [9.17, 15) is 4.79 Å². The average molecular weight is 228 g/mol. The Hall–Kier alpha value is -2.05. The molecule has 0 spiro atoms. The van der Waals surface area contributed by atoms with Crippen LogP contribution >= 0.6 is 0 Å². The Labute approximate surface area is 98.7 Å². The third-order valence-corrected chi connectivity index (χ3v) is 2.33. The molecule has 1 heterocycles. The zero-order chi connectivity index (χ0) is 12.1. The van der Waals surface area contributed by atoms with Gasteiger partial charge in [-0.25, -0.2) is 4.79 Å². The van der Waals surface area contributed by atoms with Gasteiger partial charge in [-0.1, -0.05) is 24.0 Å². The van der Waals surface area contributed by atoms with Crippen molar-refractivity contribution in [2.75, 3.05) is 6.61 Å². The number of benzene rings is 1. The van der Waals surface area contributed by atoms with Crippen molar-refractivity contribution >= 4 is 11.0 Å². The fraction of sp³-hybridized carbons (Fsp3) is 0.214.